The summed E-state index contributed by atoms with van der Waals surface area (Å²) in [6.45, 7) is 2.10. The number of hydrazone groups is 1. The van der Waals surface area contributed by atoms with E-state index in [1.54, 1.807) is 18.3 Å². The van der Waals surface area contributed by atoms with Gasteiger partial charge in [0.1, 0.15) is 0 Å². The van der Waals surface area contributed by atoms with Crippen LogP contribution in [-0.2, 0) is 16.1 Å². The van der Waals surface area contributed by atoms with Crippen molar-refractivity contribution < 1.29 is 27.4 Å². The molecule has 0 saturated carbocycles. The number of ether oxygens (including phenoxy) is 2. The van der Waals surface area contributed by atoms with Crippen LogP contribution in [0.2, 0.25) is 0 Å². The molecule has 0 radical (unpaired) electrons. The molecule has 0 aliphatic carbocycles. The summed E-state index contributed by atoms with van der Waals surface area (Å²) in [6, 6.07) is 3.50. The van der Waals surface area contributed by atoms with Crippen LogP contribution < -0.4 is 4.74 Å². The number of pyridine rings is 1. The van der Waals surface area contributed by atoms with Crippen molar-refractivity contribution >= 4 is 17.5 Å². The molecule has 0 aromatic carbocycles. The normalized spacial score (nSPS) is 16.0. The standard InChI is InChI=1S/C19H23F3N4O3/c1-4-15(10-23-13(2)29-12-19(20,21)22)16-6-8-18(27)26(25-16)11-14-5-7-17(28-3)24-9-14/h5,7,9-10H,4,6,8,11-12H2,1-3H3/b15-10+,23-13+. The van der Waals surface area contributed by atoms with Gasteiger partial charge in [0.2, 0.25) is 11.8 Å². The van der Waals surface area contributed by atoms with Crippen molar-refractivity contribution in [1.29, 1.82) is 0 Å². The topological polar surface area (TPSA) is 76.4 Å². The average molecular weight is 412 g/mol. The molecule has 2 heterocycles. The Morgan fingerprint density at radius 3 is 2.69 bits per heavy atom. The van der Waals surface area contributed by atoms with Gasteiger partial charge in [-0.15, -0.1) is 0 Å². The van der Waals surface area contributed by atoms with Crippen LogP contribution in [-0.4, -0.2) is 47.4 Å². The highest BCUT2D eigenvalue weighted by atomic mass is 19.4. The predicted molar refractivity (Wildman–Crippen MR) is 101 cm³/mol. The number of aromatic nitrogens is 1. The van der Waals surface area contributed by atoms with Crippen molar-refractivity contribution in [2.24, 2.45) is 10.1 Å². The number of carbonyl (C=O) groups is 1. The Morgan fingerprint density at radius 1 is 1.34 bits per heavy atom. The van der Waals surface area contributed by atoms with Crippen molar-refractivity contribution in [1.82, 2.24) is 9.99 Å². The molecule has 1 aromatic heterocycles. The second kappa shape index (κ2) is 10.0. The molecule has 0 fully saturated rings. The Bertz CT molecular complexity index is 802. The minimum absolute atomic E-state index is 0.0954. The Hall–Kier alpha value is -2.91. The summed E-state index contributed by atoms with van der Waals surface area (Å²) in [6.07, 6.45) is -0.0911. The fourth-order valence-corrected chi connectivity index (χ4v) is 2.51. The highest BCUT2D eigenvalue weighted by Crippen LogP contribution is 2.20. The van der Waals surface area contributed by atoms with Gasteiger partial charge in [0, 0.05) is 38.2 Å². The Kier molecular flexibility index (Phi) is 7.74. The van der Waals surface area contributed by atoms with Crippen LogP contribution in [0.15, 0.2) is 40.2 Å². The maximum atomic E-state index is 12.2. The third-order valence-corrected chi connectivity index (χ3v) is 4.04. The molecule has 10 heteroatoms. The zero-order chi connectivity index (χ0) is 21.4. The summed E-state index contributed by atoms with van der Waals surface area (Å²) < 4.78 is 46.2. The van der Waals surface area contributed by atoms with Crippen molar-refractivity contribution in [3.05, 3.63) is 35.7 Å². The van der Waals surface area contributed by atoms with Gasteiger partial charge in [-0.1, -0.05) is 13.0 Å². The summed E-state index contributed by atoms with van der Waals surface area (Å²) in [5.41, 5.74) is 2.19. The molecule has 29 heavy (non-hydrogen) atoms. The van der Waals surface area contributed by atoms with Crippen LogP contribution in [0.3, 0.4) is 0 Å². The fourth-order valence-electron chi connectivity index (χ4n) is 2.51. The van der Waals surface area contributed by atoms with Gasteiger partial charge >= 0.3 is 6.18 Å². The third-order valence-electron chi connectivity index (χ3n) is 4.04. The van der Waals surface area contributed by atoms with Crippen molar-refractivity contribution in [2.45, 2.75) is 45.8 Å². The number of rotatable bonds is 7. The molecule has 7 nitrogen and oxygen atoms in total. The van der Waals surface area contributed by atoms with Gasteiger partial charge in [-0.05, 0) is 17.6 Å². The molecular weight excluding hydrogens is 389 g/mol. The molecule has 158 valence electrons. The first kappa shape index (κ1) is 22.4. The van der Waals surface area contributed by atoms with E-state index in [0.29, 0.717) is 24.4 Å². The first-order chi connectivity index (χ1) is 13.7. The van der Waals surface area contributed by atoms with E-state index in [4.69, 9.17) is 4.74 Å². The number of allylic oxidation sites excluding steroid dienone is 1. The van der Waals surface area contributed by atoms with E-state index in [1.165, 1.54) is 25.2 Å². The van der Waals surface area contributed by atoms with Gasteiger partial charge in [0.05, 0.1) is 19.4 Å². The number of amides is 1. The van der Waals surface area contributed by atoms with Crippen molar-refractivity contribution in [2.75, 3.05) is 13.7 Å². The van der Waals surface area contributed by atoms with Gasteiger partial charge in [0.15, 0.2) is 12.5 Å². The van der Waals surface area contributed by atoms with Crippen LogP contribution in [0.5, 0.6) is 5.88 Å². The summed E-state index contributed by atoms with van der Waals surface area (Å²) in [5, 5.41) is 5.78. The molecule has 0 N–H and O–H groups in total. The number of carbonyl (C=O) groups excluding carboxylic acids is 1. The Morgan fingerprint density at radius 2 is 2.10 bits per heavy atom. The van der Waals surface area contributed by atoms with Crippen LogP contribution in [0.25, 0.3) is 0 Å². The molecule has 0 atom stereocenters. The zero-order valence-corrected chi connectivity index (χ0v) is 16.5. The number of halogens is 3. The quantitative estimate of drug-likeness (QED) is 0.503. The SMILES string of the molecule is CC/C(=C\N=C(/C)OCC(F)(F)F)C1=NN(Cc2ccc(OC)nc2)C(=O)CC1. The molecule has 0 saturated heterocycles. The predicted octanol–water partition coefficient (Wildman–Crippen LogP) is 3.86. The van der Waals surface area contributed by atoms with E-state index >= 15 is 0 Å². The van der Waals surface area contributed by atoms with Crippen LogP contribution in [0.4, 0.5) is 13.2 Å². The minimum atomic E-state index is -4.42. The van der Waals surface area contributed by atoms with E-state index in [1.807, 2.05) is 6.92 Å². The van der Waals surface area contributed by atoms with Gasteiger partial charge in [-0.25, -0.2) is 15.0 Å². The van der Waals surface area contributed by atoms with E-state index in [-0.39, 0.29) is 24.8 Å². The van der Waals surface area contributed by atoms with Gasteiger partial charge < -0.3 is 9.47 Å². The fraction of sp³-hybridized carbons (Fsp3) is 0.474. The van der Waals surface area contributed by atoms with Gasteiger partial charge in [-0.3, -0.25) is 4.79 Å². The molecule has 0 bridgehead atoms. The summed E-state index contributed by atoms with van der Waals surface area (Å²) >= 11 is 0. The molecule has 1 aromatic rings. The first-order valence-corrected chi connectivity index (χ1v) is 9.02. The lowest BCUT2D eigenvalue weighted by molar-refractivity contribution is -0.156. The monoisotopic (exact) mass is 412 g/mol. The molecule has 0 spiro atoms. The van der Waals surface area contributed by atoms with E-state index in [0.717, 1.165) is 11.1 Å². The van der Waals surface area contributed by atoms with E-state index in [9.17, 15) is 18.0 Å². The largest absolute Gasteiger partial charge is 0.481 e. The van der Waals surface area contributed by atoms with E-state index in [2.05, 4.69) is 19.8 Å². The maximum Gasteiger partial charge on any atom is 0.422 e. The number of aliphatic imine (C=N–C) groups is 1. The van der Waals surface area contributed by atoms with Crippen molar-refractivity contribution in [3.8, 4) is 5.88 Å². The summed E-state index contributed by atoms with van der Waals surface area (Å²) in [4.78, 5) is 20.3. The number of hydrogen-bond acceptors (Lipinski definition) is 6. The molecule has 1 amide bonds. The zero-order valence-electron chi connectivity index (χ0n) is 16.5. The van der Waals surface area contributed by atoms with E-state index < -0.39 is 12.8 Å². The molecule has 2 rings (SSSR count). The molecule has 1 aliphatic heterocycles. The van der Waals surface area contributed by atoms with Crippen LogP contribution in [0.1, 0.15) is 38.7 Å². The number of methoxy groups -OCH3 is 1. The highest BCUT2D eigenvalue weighted by molar-refractivity contribution is 6.03. The lowest BCUT2D eigenvalue weighted by Gasteiger charge is -2.24. The summed E-state index contributed by atoms with van der Waals surface area (Å²) in [7, 11) is 1.52. The summed E-state index contributed by atoms with van der Waals surface area (Å²) in [5.74, 6) is 0.259. The number of hydrogen-bond donors (Lipinski definition) is 0. The number of nitrogens with zero attached hydrogens (tertiary/aromatic N) is 4. The lowest BCUT2D eigenvalue weighted by atomic mass is 10.0. The Balaban J connectivity index is 2.12. The molecule has 0 unspecified atom stereocenters. The lowest BCUT2D eigenvalue weighted by Crippen LogP contribution is -2.31. The second-order valence-corrected chi connectivity index (χ2v) is 6.27. The van der Waals surface area contributed by atoms with Crippen LogP contribution in [0, 0.1) is 0 Å². The highest BCUT2D eigenvalue weighted by Gasteiger charge is 2.28. The smallest absolute Gasteiger partial charge is 0.422 e. The maximum absolute atomic E-state index is 12.2. The third kappa shape index (κ3) is 7.20. The van der Waals surface area contributed by atoms with Crippen LogP contribution >= 0.6 is 0 Å². The van der Waals surface area contributed by atoms with Gasteiger partial charge in [-0.2, -0.15) is 18.3 Å². The van der Waals surface area contributed by atoms with Gasteiger partial charge in [0.25, 0.3) is 0 Å². The number of alkyl halides is 3. The molecule has 1 aliphatic rings. The Labute approximate surface area is 166 Å². The first-order valence-electron chi connectivity index (χ1n) is 9.02. The molecular formula is C19H23F3N4O3. The van der Waals surface area contributed by atoms with Crippen molar-refractivity contribution in [3.63, 3.8) is 0 Å². The average Bonchev–Trinajstić information content (AvgIpc) is 2.69. The minimum Gasteiger partial charge on any atom is -0.481 e. The second-order valence-electron chi connectivity index (χ2n) is 6.27.